The van der Waals surface area contributed by atoms with Gasteiger partial charge in [0.1, 0.15) is 0 Å². The topological polar surface area (TPSA) is 64.5 Å². The van der Waals surface area contributed by atoms with Gasteiger partial charge in [0.2, 0.25) is 5.95 Å². The summed E-state index contributed by atoms with van der Waals surface area (Å²) < 4.78 is 0. The van der Waals surface area contributed by atoms with E-state index in [9.17, 15) is 5.11 Å². The fraction of sp³-hybridized carbons (Fsp3) is 0.474. The maximum Gasteiger partial charge on any atom is 0.225 e. The van der Waals surface area contributed by atoms with Crippen LogP contribution in [0.3, 0.4) is 0 Å². The van der Waals surface area contributed by atoms with Gasteiger partial charge in [-0.15, -0.1) is 0 Å². The van der Waals surface area contributed by atoms with E-state index in [0.717, 1.165) is 48.8 Å². The molecule has 25 heavy (non-hydrogen) atoms. The van der Waals surface area contributed by atoms with Crippen molar-refractivity contribution in [3.8, 4) is 0 Å². The van der Waals surface area contributed by atoms with E-state index in [-0.39, 0.29) is 0 Å². The highest BCUT2D eigenvalue weighted by Crippen LogP contribution is 2.14. The zero-order valence-corrected chi connectivity index (χ0v) is 15.0. The van der Waals surface area contributed by atoms with E-state index in [2.05, 4.69) is 32.1 Å². The molecule has 1 aliphatic rings. The van der Waals surface area contributed by atoms with Crippen LogP contribution < -0.4 is 10.2 Å². The zero-order chi connectivity index (χ0) is 17.6. The van der Waals surface area contributed by atoms with Crippen molar-refractivity contribution < 1.29 is 5.11 Å². The van der Waals surface area contributed by atoms with Crippen LogP contribution in [0.5, 0.6) is 0 Å². The van der Waals surface area contributed by atoms with Crippen LogP contribution in [0.1, 0.15) is 22.8 Å². The number of nitrogens with zero attached hydrogens (tertiary/aromatic N) is 4. The predicted octanol–water partition coefficient (Wildman–Crippen LogP) is 1.36. The van der Waals surface area contributed by atoms with Crippen molar-refractivity contribution in [3.05, 3.63) is 53.3 Å². The maximum absolute atomic E-state index is 10.3. The number of hydrogen-bond donors (Lipinski definition) is 2. The van der Waals surface area contributed by atoms with E-state index >= 15 is 0 Å². The Hall–Kier alpha value is -2.02. The number of hydrogen-bond acceptors (Lipinski definition) is 6. The lowest BCUT2D eigenvalue weighted by Gasteiger charge is -2.32. The molecule has 0 amide bonds. The van der Waals surface area contributed by atoms with Crippen molar-refractivity contribution in [1.82, 2.24) is 20.2 Å². The van der Waals surface area contributed by atoms with Crippen LogP contribution in [-0.4, -0.2) is 59.7 Å². The van der Waals surface area contributed by atoms with Crippen LogP contribution in [0.15, 0.2) is 36.7 Å². The Balaban J connectivity index is 1.47. The van der Waals surface area contributed by atoms with E-state index in [1.807, 2.05) is 43.6 Å². The summed E-state index contributed by atoms with van der Waals surface area (Å²) in [6, 6.07) is 7.97. The third kappa shape index (κ3) is 4.98. The molecule has 1 saturated heterocycles. The lowest BCUT2D eigenvalue weighted by atomic mass is 10.1. The van der Waals surface area contributed by atoms with Gasteiger partial charge in [-0.1, -0.05) is 29.8 Å². The molecule has 134 valence electrons. The minimum absolute atomic E-state index is 0.504. The quantitative estimate of drug-likeness (QED) is 0.827. The molecule has 2 aromatic rings. The van der Waals surface area contributed by atoms with Gasteiger partial charge in [-0.05, 0) is 19.5 Å². The van der Waals surface area contributed by atoms with Crippen LogP contribution in [0, 0.1) is 6.92 Å². The Morgan fingerprint density at radius 1 is 1.16 bits per heavy atom. The van der Waals surface area contributed by atoms with Crippen LogP contribution in [0.4, 0.5) is 5.95 Å². The summed E-state index contributed by atoms with van der Waals surface area (Å²) in [4.78, 5) is 13.5. The smallest absolute Gasteiger partial charge is 0.225 e. The first-order chi connectivity index (χ1) is 12.1. The van der Waals surface area contributed by atoms with E-state index in [1.165, 1.54) is 0 Å². The molecule has 1 aromatic carbocycles. The first-order valence-corrected chi connectivity index (χ1v) is 8.81. The Kier molecular flexibility index (Phi) is 5.96. The molecule has 6 heteroatoms. The van der Waals surface area contributed by atoms with Gasteiger partial charge in [0.05, 0.1) is 6.10 Å². The summed E-state index contributed by atoms with van der Waals surface area (Å²) in [5.41, 5.74) is 3.12. The number of likely N-dealkylation sites (N-methyl/N-ethyl adjacent to an activating group) is 1. The second-order valence-electron chi connectivity index (χ2n) is 6.74. The number of piperazine rings is 1. The van der Waals surface area contributed by atoms with Gasteiger partial charge in [0, 0.05) is 57.2 Å². The van der Waals surface area contributed by atoms with Crippen molar-refractivity contribution in [1.29, 1.82) is 0 Å². The van der Waals surface area contributed by atoms with E-state index < -0.39 is 6.10 Å². The summed E-state index contributed by atoms with van der Waals surface area (Å²) in [6.45, 7) is 7.21. The molecule has 0 spiro atoms. The van der Waals surface area contributed by atoms with Gasteiger partial charge in [-0.25, -0.2) is 9.97 Å². The highest BCUT2D eigenvalue weighted by Gasteiger charge is 2.16. The van der Waals surface area contributed by atoms with Crippen LogP contribution in [-0.2, 0) is 6.54 Å². The van der Waals surface area contributed by atoms with Crippen LogP contribution >= 0.6 is 0 Å². The summed E-state index contributed by atoms with van der Waals surface area (Å²) in [5.74, 6) is 0.802. The summed E-state index contributed by atoms with van der Waals surface area (Å²) >= 11 is 0. The minimum atomic E-state index is -0.509. The molecule has 0 aliphatic carbocycles. The largest absolute Gasteiger partial charge is 0.387 e. The summed E-state index contributed by atoms with van der Waals surface area (Å²) in [7, 11) is 2.14. The molecule has 1 aliphatic heterocycles. The Labute approximate surface area is 149 Å². The number of aliphatic hydroxyl groups excluding tert-OH is 1. The minimum Gasteiger partial charge on any atom is -0.387 e. The monoisotopic (exact) mass is 341 g/mol. The van der Waals surface area contributed by atoms with E-state index in [1.54, 1.807) is 0 Å². The molecule has 2 N–H and O–H groups in total. The number of aromatic nitrogens is 2. The number of benzene rings is 1. The Morgan fingerprint density at radius 3 is 2.56 bits per heavy atom. The van der Waals surface area contributed by atoms with Crippen LogP contribution in [0.25, 0.3) is 0 Å². The maximum atomic E-state index is 10.3. The molecule has 2 heterocycles. The molecule has 6 nitrogen and oxygen atoms in total. The first-order valence-electron chi connectivity index (χ1n) is 8.81. The first kappa shape index (κ1) is 17.8. The fourth-order valence-electron chi connectivity index (χ4n) is 2.96. The number of aliphatic hydroxyl groups is 1. The number of nitrogens with one attached hydrogen (secondary N) is 1. The highest BCUT2D eigenvalue weighted by atomic mass is 16.3. The second-order valence-corrected chi connectivity index (χ2v) is 6.74. The molecule has 1 aromatic heterocycles. The van der Waals surface area contributed by atoms with Gasteiger partial charge in [0.15, 0.2) is 0 Å². The molecule has 3 rings (SSSR count). The van der Waals surface area contributed by atoms with Gasteiger partial charge in [-0.3, -0.25) is 0 Å². The number of anilines is 1. The predicted molar refractivity (Wildman–Crippen MR) is 99.6 cm³/mol. The molecule has 1 atom stereocenters. The SMILES string of the molecule is Cc1cccc(C(O)CNCc2cnc(N3CCN(C)CC3)nc2)c1. The summed E-state index contributed by atoms with van der Waals surface area (Å²) in [6.07, 6.45) is 3.23. The van der Waals surface area contributed by atoms with Gasteiger partial charge < -0.3 is 20.2 Å². The Morgan fingerprint density at radius 2 is 1.88 bits per heavy atom. The van der Waals surface area contributed by atoms with Gasteiger partial charge >= 0.3 is 0 Å². The van der Waals surface area contributed by atoms with Crippen molar-refractivity contribution in [2.75, 3.05) is 44.7 Å². The highest BCUT2D eigenvalue weighted by molar-refractivity contribution is 5.30. The fourth-order valence-corrected chi connectivity index (χ4v) is 2.96. The average Bonchev–Trinajstić information content (AvgIpc) is 2.63. The second kappa shape index (κ2) is 8.38. The lowest BCUT2D eigenvalue weighted by molar-refractivity contribution is 0.174. The number of aryl methyl sites for hydroxylation is 1. The van der Waals surface area contributed by atoms with Crippen molar-refractivity contribution >= 4 is 5.95 Å². The Bertz CT molecular complexity index is 668. The normalized spacial score (nSPS) is 16.8. The summed E-state index contributed by atoms with van der Waals surface area (Å²) in [5, 5.41) is 13.5. The van der Waals surface area contributed by atoms with Crippen molar-refractivity contribution in [2.45, 2.75) is 19.6 Å². The van der Waals surface area contributed by atoms with Crippen molar-refractivity contribution in [3.63, 3.8) is 0 Å². The molecular formula is C19H27N5O. The standard InChI is InChI=1S/C19H27N5O/c1-15-4-3-5-17(10-15)18(25)14-20-11-16-12-21-19(22-13-16)24-8-6-23(2)7-9-24/h3-5,10,12-13,18,20,25H,6-9,11,14H2,1-2H3. The van der Waals surface area contributed by atoms with E-state index in [4.69, 9.17) is 0 Å². The van der Waals surface area contributed by atoms with Gasteiger partial charge in [0.25, 0.3) is 0 Å². The van der Waals surface area contributed by atoms with E-state index in [0.29, 0.717) is 13.1 Å². The molecule has 1 unspecified atom stereocenters. The van der Waals surface area contributed by atoms with Gasteiger partial charge in [-0.2, -0.15) is 0 Å². The van der Waals surface area contributed by atoms with Crippen molar-refractivity contribution in [2.24, 2.45) is 0 Å². The van der Waals surface area contributed by atoms with Crippen LogP contribution in [0.2, 0.25) is 0 Å². The lowest BCUT2D eigenvalue weighted by Crippen LogP contribution is -2.45. The third-order valence-corrected chi connectivity index (χ3v) is 4.57. The molecular weight excluding hydrogens is 314 g/mol. The molecule has 1 fully saturated rings. The molecule has 0 saturated carbocycles. The number of rotatable bonds is 6. The molecule has 0 bridgehead atoms. The molecule has 0 radical (unpaired) electrons. The zero-order valence-electron chi connectivity index (χ0n) is 15.0. The third-order valence-electron chi connectivity index (χ3n) is 4.57. The average molecular weight is 341 g/mol.